The highest BCUT2D eigenvalue weighted by atomic mass is 35.5. The molecule has 1 N–H and O–H groups in total. The fraction of sp³-hybridized carbons (Fsp3) is 0.647. The van der Waals surface area contributed by atoms with Gasteiger partial charge in [0, 0.05) is 5.02 Å². The van der Waals surface area contributed by atoms with Crippen molar-refractivity contribution < 1.29 is 5.11 Å². The van der Waals surface area contributed by atoms with Gasteiger partial charge >= 0.3 is 0 Å². The van der Waals surface area contributed by atoms with E-state index >= 15 is 0 Å². The molecule has 0 fully saturated rings. The molecule has 0 bridgehead atoms. The lowest BCUT2D eigenvalue weighted by Crippen LogP contribution is -2.52. The van der Waals surface area contributed by atoms with Crippen LogP contribution in [0.5, 0.6) is 0 Å². The molecule has 1 atom stereocenters. The van der Waals surface area contributed by atoms with E-state index in [0.717, 1.165) is 42.1 Å². The standard InChI is InChI=1S/C17H28ClNO/c1-6-17(7-2,19(8-3)9-4)16(20)14-11-10-13(5)15(18)12-14/h10-12,16,20H,6-9H2,1-5H3. The molecule has 0 spiro atoms. The fourth-order valence-electron chi connectivity index (χ4n) is 3.20. The van der Waals surface area contributed by atoms with E-state index in [4.69, 9.17) is 11.6 Å². The highest BCUT2D eigenvalue weighted by Crippen LogP contribution is 2.38. The van der Waals surface area contributed by atoms with Gasteiger partial charge < -0.3 is 5.11 Å². The van der Waals surface area contributed by atoms with Gasteiger partial charge in [0.05, 0.1) is 11.6 Å². The number of rotatable bonds is 7. The van der Waals surface area contributed by atoms with E-state index in [1.54, 1.807) is 0 Å². The third-order valence-corrected chi connectivity index (χ3v) is 5.05. The maximum atomic E-state index is 11.0. The van der Waals surface area contributed by atoms with E-state index in [9.17, 15) is 5.11 Å². The number of halogens is 1. The van der Waals surface area contributed by atoms with Crippen LogP contribution in [0.2, 0.25) is 5.02 Å². The molecule has 1 aromatic rings. The van der Waals surface area contributed by atoms with Crippen LogP contribution in [0.15, 0.2) is 18.2 Å². The number of aryl methyl sites for hydroxylation is 1. The van der Waals surface area contributed by atoms with Crippen LogP contribution >= 0.6 is 11.6 Å². The average Bonchev–Trinajstić information content (AvgIpc) is 2.47. The Morgan fingerprint density at radius 1 is 1.15 bits per heavy atom. The first kappa shape index (κ1) is 17.5. The van der Waals surface area contributed by atoms with Gasteiger partial charge in [0.1, 0.15) is 0 Å². The Balaban J connectivity index is 3.22. The lowest BCUT2D eigenvalue weighted by atomic mass is 9.81. The summed E-state index contributed by atoms with van der Waals surface area (Å²) in [6.07, 6.45) is 1.31. The predicted octanol–water partition coefficient (Wildman–Crippen LogP) is 4.58. The number of hydrogen-bond acceptors (Lipinski definition) is 2. The number of aliphatic hydroxyl groups is 1. The smallest absolute Gasteiger partial charge is 0.0973 e. The molecule has 3 heteroatoms. The quantitative estimate of drug-likeness (QED) is 0.796. The molecule has 0 heterocycles. The van der Waals surface area contributed by atoms with E-state index in [-0.39, 0.29) is 5.54 Å². The number of nitrogens with zero attached hydrogens (tertiary/aromatic N) is 1. The second kappa shape index (κ2) is 7.44. The van der Waals surface area contributed by atoms with Crippen LogP contribution < -0.4 is 0 Å². The van der Waals surface area contributed by atoms with E-state index in [1.165, 1.54) is 0 Å². The third-order valence-electron chi connectivity index (χ3n) is 4.64. The van der Waals surface area contributed by atoms with Gasteiger partial charge in [-0.1, -0.05) is 51.4 Å². The second-order valence-corrected chi connectivity index (χ2v) is 5.80. The van der Waals surface area contributed by atoms with Crippen molar-refractivity contribution in [3.05, 3.63) is 34.3 Å². The lowest BCUT2D eigenvalue weighted by Gasteiger charge is -2.46. The van der Waals surface area contributed by atoms with Crippen molar-refractivity contribution in [2.45, 2.75) is 59.1 Å². The van der Waals surface area contributed by atoms with Crippen LogP contribution in [0.1, 0.15) is 57.8 Å². The maximum absolute atomic E-state index is 11.0. The zero-order chi connectivity index (χ0) is 15.3. The first-order valence-electron chi connectivity index (χ1n) is 7.65. The molecule has 114 valence electrons. The molecule has 20 heavy (non-hydrogen) atoms. The average molecular weight is 298 g/mol. The molecular weight excluding hydrogens is 270 g/mol. The van der Waals surface area contributed by atoms with Gasteiger partial charge in [0.2, 0.25) is 0 Å². The molecule has 0 aliphatic carbocycles. The molecule has 0 saturated heterocycles. The van der Waals surface area contributed by atoms with Crippen molar-refractivity contribution in [1.29, 1.82) is 0 Å². The summed E-state index contributed by atoms with van der Waals surface area (Å²) in [5.74, 6) is 0. The first-order valence-corrected chi connectivity index (χ1v) is 8.03. The minimum absolute atomic E-state index is 0.220. The molecule has 0 amide bonds. The minimum Gasteiger partial charge on any atom is -0.386 e. The maximum Gasteiger partial charge on any atom is 0.0973 e. The Morgan fingerprint density at radius 2 is 1.70 bits per heavy atom. The predicted molar refractivity (Wildman–Crippen MR) is 87.4 cm³/mol. The van der Waals surface area contributed by atoms with Gasteiger partial charge in [0.15, 0.2) is 0 Å². The van der Waals surface area contributed by atoms with Crippen molar-refractivity contribution in [2.24, 2.45) is 0 Å². The molecule has 2 nitrogen and oxygen atoms in total. The molecule has 1 aromatic carbocycles. The van der Waals surface area contributed by atoms with Gasteiger partial charge in [-0.3, -0.25) is 4.90 Å². The summed E-state index contributed by atoms with van der Waals surface area (Å²) >= 11 is 6.22. The summed E-state index contributed by atoms with van der Waals surface area (Å²) in [5, 5.41) is 11.7. The van der Waals surface area contributed by atoms with E-state index in [0.29, 0.717) is 0 Å². The minimum atomic E-state index is -0.518. The van der Waals surface area contributed by atoms with Crippen LogP contribution in [0.4, 0.5) is 0 Å². The SMILES string of the molecule is CCN(CC)C(CC)(CC)C(O)c1ccc(C)c(Cl)c1. The van der Waals surface area contributed by atoms with Gasteiger partial charge in [0.25, 0.3) is 0 Å². The second-order valence-electron chi connectivity index (χ2n) is 5.39. The van der Waals surface area contributed by atoms with Crippen LogP contribution in [0.25, 0.3) is 0 Å². The van der Waals surface area contributed by atoms with Crippen molar-refractivity contribution in [1.82, 2.24) is 4.90 Å². The Kier molecular flexibility index (Phi) is 6.50. The zero-order valence-corrected chi connectivity index (χ0v) is 14.2. The summed E-state index contributed by atoms with van der Waals surface area (Å²) in [7, 11) is 0. The summed E-state index contributed by atoms with van der Waals surface area (Å²) in [4.78, 5) is 2.37. The molecule has 1 rings (SSSR count). The summed E-state index contributed by atoms with van der Waals surface area (Å²) in [5.41, 5.74) is 1.74. The van der Waals surface area contributed by atoms with Gasteiger partial charge in [-0.15, -0.1) is 0 Å². The Morgan fingerprint density at radius 3 is 2.10 bits per heavy atom. The molecule has 0 aliphatic heterocycles. The topological polar surface area (TPSA) is 23.5 Å². The van der Waals surface area contributed by atoms with Crippen LogP contribution in [-0.2, 0) is 0 Å². The first-order chi connectivity index (χ1) is 9.46. The lowest BCUT2D eigenvalue weighted by molar-refractivity contribution is -0.0366. The van der Waals surface area contributed by atoms with Crippen molar-refractivity contribution >= 4 is 11.6 Å². The Hall–Kier alpha value is -0.570. The Bertz CT molecular complexity index is 425. The zero-order valence-electron chi connectivity index (χ0n) is 13.4. The fourth-order valence-corrected chi connectivity index (χ4v) is 3.39. The van der Waals surface area contributed by atoms with Crippen LogP contribution in [0, 0.1) is 6.92 Å². The number of hydrogen-bond donors (Lipinski definition) is 1. The van der Waals surface area contributed by atoms with Gasteiger partial charge in [-0.25, -0.2) is 0 Å². The summed E-state index contributed by atoms with van der Waals surface area (Å²) < 4.78 is 0. The molecule has 0 aliphatic rings. The summed E-state index contributed by atoms with van der Waals surface area (Å²) in [6.45, 7) is 12.5. The Labute approximate surface area is 128 Å². The summed E-state index contributed by atoms with van der Waals surface area (Å²) in [6, 6.07) is 5.89. The number of benzene rings is 1. The molecule has 1 unspecified atom stereocenters. The normalized spacial score (nSPS) is 13.8. The van der Waals surface area contributed by atoms with Gasteiger partial charge in [-0.2, -0.15) is 0 Å². The number of likely N-dealkylation sites (N-methyl/N-ethyl adjacent to an activating group) is 1. The highest BCUT2D eigenvalue weighted by Gasteiger charge is 2.39. The number of aliphatic hydroxyl groups excluding tert-OH is 1. The molecular formula is C17H28ClNO. The van der Waals surface area contributed by atoms with E-state index < -0.39 is 6.10 Å². The third kappa shape index (κ3) is 3.19. The van der Waals surface area contributed by atoms with E-state index in [2.05, 4.69) is 32.6 Å². The van der Waals surface area contributed by atoms with Crippen molar-refractivity contribution in [3.8, 4) is 0 Å². The highest BCUT2D eigenvalue weighted by molar-refractivity contribution is 6.31. The monoisotopic (exact) mass is 297 g/mol. The van der Waals surface area contributed by atoms with Crippen LogP contribution in [0.3, 0.4) is 0 Å². The van der Waals surface area contributed by atoms with Crippen LogP contribution in [-0.4, -0.2) is 28.6 Å². The van der Waals surface area contributed by atoms with E-state index in [1.807, 2.05) is 25.1 Å². The van der Waals surface area contributed by atoms with Crippen molar-refractivity contribution in [2.75, 3.05) is 13.1 Å². The molecule has 0 saturated carbocycles. The van der Waals surface area contributed by atoms with Crippen molar-refractivity contribution in [3.63, 3.8) is 0 Å². The van der Waals surface area contributed by atoms with Gasteiger partial charge in [-0.05, 0) is 50.0 Å². The largest absolute Gasteiger partial charge is 0.386 e. The molecule has 0 radical (unpaired) electrons. The molecule has 0 aromatic heterocycles.